The van der Waals surface area contributed by atoms with Gasteiger partial charge in [-0.3, -0.25) is 0 Å². The molecule has 1 rings (SSSR count). The maximum atomic E-state index is 9.85. The first-order chi connectivity index (χ1) is 6.08. The molecular weight excluding hydrogens is 168 g/mol. The molecule has 3 nitrogen and oxygen atoms in total. The molecule has 74 valence electrons. The van der Waals surface area contributed by atoms with E-state index in [2.05, 4.69) is 0 Å². The number of ether oxygens (including phenoxy) is 1. The van der Waals surface area contributed by atoms with Crippen molar-refractivity contribution >= 4 is 0 Å². The lowest BCUT2D eigenvalue weighted by atomic mass is 9.99. The van der Waals surface area contributed by atoms with Crippen LogP contribution in [0.2, 0.25) is 0 Å². The van der Waals surface area contributed by atoms with Gasteiger partial charge in [0.05, 0.1) is 11.9 Å². The van der Waals surface area contributed by atoms with Crippen molar-refractivity contribution in [1.82, 2.24) is 0 Å². The molecule has 0 aliphatic carbocycles. The quantitative estimate of drug-likeness (QED) is 0.779. The maximum Gasteiger partial charge on any atom is 0.140 e. The summed E-state index contributed by atoms with van der Waals surface area (Å²) < 4.78 is 10.5. The molecular formula is C10H16O3. The number of hydrogen-bond acceptors (Lipinski definition) is 3. The van der Waals surface area contributed by atoms with Crippen LogP contribution in [0.4, 0.5) is 0 Å². The van der Waals surface area contributed by atoms with E-state index in [1.165, 1.54) is 0 Å². The monoisotopic (exact) mass is 184 g/mol. The van der Waals surface area contributed by atoms with Crippen LogP contribution in [0.1, 0.15) is 32.6 Å². The summed E-state index contributed by atoms with van der Waals surface area (Å²) in [7, 11) is 0. The number of hydrogen-bond donors (Lipinski definition) is 1. The normalized spacial score (nSPS) is 14.5. The minimum absolute atomic E-state index is 0.540. The second-order valence-electron chi connectivity index (χ2n) is 3.45. The van der Waals surface area contributed by atoms with E-state index in [-0.39, 0.29) is 0 Å². The minimum Gasteiger partial charge on any atom is -0.466 e. The van der Waals surface area contributed by atoms with Crippen molar-refractivity contribution < 1.29 is 14.3 Å². The van der Waals surface area contributed by atoms with Crippen LogP contribution in [0.3, 0.4) is 0 Å². The van der Waals surface area contributed by atoms with E-state index < -0.39 is 11.7 Å². The van der Waals surface area contributed by atoms with Gasteiger partial charge in [-0.15, -0.1) is 0 Å². The number of aliphatic hydroxyl groups excluding tert-OH is 1. The van der Waals surface area contributed by atoms with Crippen LogP contribution in [0.15, 0.2) is 22.8 Å². The summed E-state index contributed by atoms with van der Waals surface area (Å²) in [5.74, 6) is 0.540. The predicted molar refractivity (Wildman–Crippen MR) is 49.4 cm³/mol. The first kappa shape index (κ1) is 10.3. The molecule has 0 fully saturated rings. The molecule has 0 radical (unpaired) electrons. The van der Waals surface area contributed by atoms with E-state index in [4.69, 9.17) is 9.15 Å². The van der Waals surface area contributed by atoms with Gasteiger partial charge in [0.15, 0.2) is 0 Å². The summed E-state index contributed by atoms with van der Waals surface area (Å²) in [5.41, 5.74) is -0.605. The van der Waals surface area contributed by atoms with Crippen LogP contribution >= 0.6 is 0 Å². The van der Waals surface area contributed by atoms with Gasteiger partial charge >= 0.3 is 0 Å². The molecule has 0 saturated heterocycles. The average Bonchev–Trinajstić information content (AvgIpc) is 2.54. The third-order valence-corrected chi connectivity index (χ3v) is 1.99. The highest BCUT2D eigenvalue weighted by Gasteiger charge is 2.31. The van der Waals surface area contributed by atoms with Crippen molar-refractivity contribution in [3.8, 4) is 0 Å². The van der Waals surface area contributed by atoms with Crippen molar-refractivity contribution in [3.05, 3.63) is 24.2 Å². The minimum atomic E-state index is -0.720. The Labute approximate surface area is 78.3 Å². The molecule has 0 spiro atoms. The molecule has 0 amide bonds. The second kappa shape index (κ2) is 3.94. The van der Waals surface area contributed by atoms with Crippen LogP contribution in [0.25, 0.3) is 0 Å². The third-order valence-electron chi connectivity index (χ3n) is 1.99. The van der Waals surface area contributed by atoms with E-state index in [1.54, 1.807) is 18.4 Å². The Bertz CT molecular complexity index is 239. The van der Waals surface area contributed by atoms with Gasteiger partial charge in [-0.25, -0.2) is 0 Å². The Morgan fingerprint density at radius 2 is 2.31 bits per heavy atom. The lowest BCUT2D eigenvalue weighted by Crippen LogP contribution is -2.32. The van der Waals surface area contributed by atoms with Crippen LogP contribution in [0, 0.1) is 0 Å². The summed E-state index contributed by atoms with van der Waals surface area (Å²) in [6.07, 6.45) is 0.822. The Balaban J connectivity index is 2.71. The molecule has 3 heteroatoms. The molecule has 0 aliphatic rings. The van der Waals surface area contributed by atoms with Crippen molar-refractivity contribution in [2.75, 3.05) is 6.61 Å². The third kappa shape index (κ3) is 2.32. The van der Waals surface area contributed by atoms with E-state index in [0.29, 0.717) is 12.4 Å². The van der Waals surface area contributed by atoms with Gasteiger partial charge in [0.2, 0.25) is 0 Å². The lowest BCUT2D eigenvalue weighted by molar-refractivity contribution is -0.105. The van der Waals surface area contributed by atoms with E-state index >= 15 is 0 Å². The molecule has 1 aromatic heterocycles. The Morgan fingerprint density at radius 3 is 2.77 bits per heavy atom. The molecule has 1 N–H and O–H groups in total. The van der Waals surface area contributed by atoms with Crippen molar-refractivity contribution in [2.24, 2.45) is 0 Å². The summed E-state index contributed by atoms with van der Waals surface area (Å²) in [6.45, 7) is 6.15. The zero-order valence-electron chi connectivity index (χ0n) is 8.28. The summed E-state index contributed by atoms with van der Waals surface area (Å²) in [4.78, 5) is 0. The zero-order valence-corrected chi connectivity index (χ0v) is 8.28. The molecule has 1 unspecified atom stereocenters. The van der Waals surface area contributed by atoms with Gasteiger partial charge in [0, 0.05) is 6.61 Å². The molecule has 0 aliphatic heterocycles. The summed E-state index contributed by atoms with van der Waals surface area (Å²) >= 11 is 0. The zero-order chi connectivity index (χ0) is 9.90. The van der Waals surface area contributed by atoms with Gasteiger partial charge in [-0.05, 0) is 32.9 Å². The molecule has 1 heterocycles. The van der Waals surface area contributed by atoms with Gasteiger partial charge in [0.25, 0.3) is 0 Å². The highest BCUT2D eigenvalue weighted by Crippen LogP contribution is 2.28. The van der Waals surface area contributed by atoms with Crippen LogP contribution in [-0.4, -0.2) is 17.3 Å². The highest BCUT2D eigenvalue weighted by molar-refractivity contribution is 5.06. The number of furan rings is 1. The van der Waals surface area contributed by atoms with Gasteiger partial charge < -0.3 is 14.3 Å². The molecule has 1 atom stereocenters. The first-order valence-corrected chi connectivity index (χ1v) is 4.43. The molecule has 0 aromatic carbocycles. The van der Waals surface area contributed by atoms with E-state index in [0.717, 1.165) is 0 Å². The summed E-state index contributed by atoms with van der Waals surface area (Å²) in [6, 6.07) is 3.49. The van der Waals surface area contributed by atoms with E-state index in [9.17, 15) is 5.11 Å². The standard InChI is InChI=1S/C10H16O3/c1-4-13-10(2,3)9(11)8-6-5-7-12-8/h5-7,9,11H,4H2,1-3H3. The molecule has 0 saturated carbocycles. The first-order valence-electron chi connectivity index (χ1n) is 4.43. The SMILES string of the molecule is CCOC(C)(C)C(O)c1ccco1. The van der Waals surface area contributed by atoms with Crippen LogP contribution < -0.4 is 0 Å². The fourth-order valence-corrected chi connectivity index (χ4v) is 1.24. The summed E-state index contributed by atoms with van der Waals surface area (Å²) in [5, 5.41) is 9.85. The van der Waals surface area contributed by atoms with E-state index in [1.807, 2.05) is 20.8 Å². The Kier molecular flexibility index (Phi) is 3.12. The molecule has 0 bridgehead atoms. The topological polar surface area (TPSA) is 42.6 Å². The fourth-order valence-electron chi connectivity index (χ4n) is 1.24. The van der Waals surface area contributed by atoms with Crippen molar-refractivity contribution in [3.63, 3.8) is 0 Å². The smallest absolute Gasteiger partial charge is 0.140 e. The lowest BCUT2D eigenvalue weighted by Gasteiger charge is -2.28. The van der Waals surface area contributed by atoms with Gasteiger partial charge in [-0.2, -0.15) is 0 Å². The maximum absolute atomic E-state index is 9.85. The fraction of sp³-hybridized carbons (Fsp3) is 0.600. The van der Waals surface area contributed by atoms with Gasteiger partial charge in [0.1, 0.15) is 11.9 Å². The molecule has 1 aromatic rings. The van der Waals surface area contributed by atoms with Crippen molar-refractivity contribution in [2.45, 2.75) is 32.5 Å². The van der Waals surface area contributed by atoms with Gasteiger partial charge in [-0.1, -0.05) is 0 Å². The van der Waals surface area contributed by atoms with Crippen LogP contribution in [-0.2, 0) is 4.74 Å². The van der Waals surface area contributed by atoms with Crippen LogP contribution in [0.5, 0.6) is 0 Å². The predicted octanol–water partition coefficient (Wildman–Crippen LogP) is 2.13. The Hall–Kier alpha value is -0.800. The van der Waals surface area contributed by atoms with Crippen molar-refractivity contribution in [1.29, 1.82) is 0 Å². The number of rotatable bonds is 4. The highest BCUT2D eigenvalue weighted by atomic mass is 16.5. The second-order valence-corrected chi connectivity index (χ2v) is 3.45. The molecule has 13 heavy (non-hydrogen) atoms. The average molecular weight is 184 g/mol. The number of aliphatic hydroxyl groups is 1. The Morgan fingerprint density at radius 1 is 1.62 bits per heavy atom. The largest absolute Gasteiger partial charge is 0.466 e.